The largest absolute Gasteiger partial charge is 0.451 e. The summed E-state index contributed by atoms with van der Waals surface area (Å²) in [5, 5.41) is 0. The normalized spacial score (nSPS) is 10.5. The summed E-state index contributed by atoms with van der Waals surface area (Å²) in [4.78, 5) is 28.8. The van der Waals surface area contributed by atoms with Gasteiger partial charge >= 0.3 is 5.97 Å². The van der Waals surface area contributed by atoms with E-state index in [0.717, 1.165) is 16.5 Å². The molecule has 0 aliphatic rings. The Morgan fingerprint density at radius 2 is 1.96 bits per heavy atom. The van der Waals surface area contributed by atoms with E-state index in [4.69, 9.17) is 4.74 Å². The van der Waals surface area contributed by atoms with Gasteiger partial charge in [-0.1, -0.05) is 36.8 Å². The number of aromatic nitrogens is 1. The van der Waals surface area contributed by atoms with Crippen LogP contribution >= 0.6 is 15.9 Å². The summed E-state index contributed by atoms with van der Waals surface area (Å²) >= 11 is 3.25. The summed E-state index contributed by atoms with van der Waals surface area (Å²) in [7, 11) is 0. The van der Waals surface area contributed by atoms with Crippen molar-refractivity contribution in [1.29, 1.82) is 0 Å². The van der Waals surface area contributed by atoms with Gasteiger partial charge in [-0.25, -0.2) is 4.79 Å². The highest BCUT2D eigenvalue weighted by Crippen LogP contribution is 2.12. The number of H-pyrrole nitrogens is 1. The maximum absolute atomic E-state index is 12.4. The van der Waals surface area contributed by atoms with Crippen molar-refractivity contribution in [2.75, 3.05) is 13.2 Å². The highest BCUT2D eigenvalue weighted by Gasteiger charge is 2.17. The maximum atomic E-state index is 12.4. The molecule has 0 bridgehead atoms. The van der Waals surface area contributed by atoms with Crippen molar-refractivity contribution < 1.29 is 14.3 Å². The number of benzene rings is 1. The molecule has 24 heavy (non-hydrogen) atoms. The lowest BCUT2D eigenvalue weighted by Gasteiger charge is -2.22. The molecule has 2 aromatic rings. The zero-order chi connectivity index (χ0) is 17.5. The number of aryl methyl sites for hydroxylation is 1. The van der Waals surface area contributed by atoms with Crippen LogP contribution in [-0.4, -0.2) is 34.9 Å². The maximum Gasteiger partial charge on any atom is 0.355 e. The third-order valence-corrected chi connectivity index (χ3v) is 3.99. The summed E-state index contributed by atoms with van der Waals surface area (Å²) in [5.74, 6) is -0.739. The second-order valence-electron chi connectivity index (χ2n) is 5.61. The van der Waals surface area contributed by atoms with Crippen molar-refractivity contribution in [1.82, 2.24) is 9.88 Å². The molecule has 0 aliphatic carbocycles. The number of carbonyl (C=O) groups excluding carboxylic acids is 2. The van der Waals surface area contributed by atoms with Crippen molar-refractivity contribution in [2.24, 2.45) is 0 Å². The van der Waals surface area contributed by atoms with E-state index in [1.165, 1.54) is 5.56 Å². The first-order valence-corrected chi connectivity index (χ1v) is 8.63. The van der Waals surface area contributed by atoms with Crippen LogP contribution in [0.2, 0.25) is 0 Å². The molecule has 0 unspecified atom stereocenters. The van der Waals surface area contributed by atoms with E-state index in [2.05, 4.69) is 20.9 Å². The van der Waals surface area contributed by atoms with Gasteiger partial charge in [-0.05, 0) is 40.9 Å². The van der Waals surface area contributed by atoms with E-state index in [1.54, 1.807) is 17.2 Å². The molecule has 128 valence electrons. The molecule has 0 atom stereocenters. The number of ether oxygens (including phenoxy) is 1. The first-order valence-electron chi connectivity index (χ1n) is 7.84. The van der Waals surface area contributed by atoms with Gasteiger partial charge in [-0.2, -0.15) is 0 Å². The van der Waals surface area contributed by atoms with E-state index in [-0.39, 0.29) is 12.5 Å². The molecule has 6 heteroatoms. The van der Waals surface area contributed by atoms with Crippen LogP contribution in [0.5, 0.6) is 0 Å². The second-order valence-corrected chi connectivity index (χ2v) is 6.52. The molecule has 2 rings (SSSR count). The van der Waals surface area contributed by atoms with Crippen molar-refractivity contribution in [3.63, 3.8) is 0 Å². The molecular weight excluding hydrogens is 372 g/mol. The van der Waals surface area contributed by atoms with Crippen LogP contribution in [0.25, 0.3) is 0 Å². The molecule has 0 radical (unpaired) electrons. The van der Waals surface area contributed by atoms with Gasteiger partial charge in [0.15, 0.2) is 6.61 Å². The number of aromatic amines is 1. The van der Waals surface area contributed by atoms with Crippen LogP contribution in [-0.2, 0) is 16.1 Å². The Labute approximate surface area is 150 Å². The second kappa shape index (κ2) is 8.68. The highest BCUT2D eigenvalue weighted by atomic mass is 79.9. The van der Waals surface area contributed by atoms with Crippen molar-refractivity contribution in [2.45, 2.75) is 26.8 Å². The topological polar surface area (TPSA) is 62.4 Å². The summed E-state index contributed by atoms with van der Waals surface area (Å²) in [5.41, 5.74) is 2.55. The number of hydrogen-bond donors (Lipinski definition) is 1. The van der Waals surface area contributed by atoms with Gasteiger partial charge in [-0.15, -0.1) is 0 Å². The molecule has 1 N–H and O–H groups in total. The summed E-state index contributed by atoms with van der Waals surface area (Å²) in [6.45, 7) is 4.91. The standard InChI is InChI=1S/C18H21BrN2O3/c1-3-8-21(11-14-6-4-13(2)5-7-14)17(22)12-24-18(23)16-9-15(19)10-20-16/h4-7,9-10,20H,3,8,11-12H2,1-2H3. The molecular formula is C18H21BrN2O3. The molecule has 1 aromatic carbocycles. The first kappa shape index (κ1) is 18.3. The lowest BCUT2D eigenvalue weighted by atomic mass is 10.1. The van der Waals surface area contributed by atoms with Crippen LogP contribution in [0, 0.1) is 6.92 Å². The molecule has 0 aliphatic heterocycles. The van der Waals surface area contributed by atoms with E-state index >= 15 is 0 Å². The number of hydrogen-bond acceptors (Lipinski definition) is 3. The van der Waals surface area contributed by atoms with E-state index < -0.39 is 5.97 Å². The Morgan fingerprint density at radius 3 is 2.54 bits per heavy atom. The van der Waals surface area contributed by atoms with Crippen LogP contribution in [0.15, 0.2) is 41.0 Å². The summed E-state index contributed by atoms with van der Waals surface area (Å²) in [6.07, 6.45) is 2.48. The molecule has 1 amide bonds. The predicted molar refractivity (Wildman–Crippen MR) is 95.7 cm³/mol. The van der Waals surface area contributed by atoms with Gasteiger partial charge in [0.25, 0.3) is 5.91 Å². The average Bonchev–Trinajstić information content (AvgIpc) is 3.00. The van der Waals surface area contributed by atoms with Crippen LogP contribution in [0.1, 0.15) is 35.0 Å². The fourth-order valence-electron chi connectivity index (χ4n) is 2.26. The smallest absolute Gasteiger partial charge is 0.355 e. The highest BCUT2D eigenvalue weighted by molar-refractivity contribution is 9.10. The lowest BCUT2D eigenvalue weighted by molar-refractivity contribution is -0.135. The molecule has 1 aromatic heterocycles. The lowest BCUT2D eigenvalue weighted by Crippen LogP contribution is -2.35. The minimum absolute atomic E-state index is 0.198. The molecule has 0 saturated heterocycles. The first-order chi connectivity index (χ1) is 11.5. The summed E-state index contributed by atoms with van der Waals surface area (Å²) < 4.78 is 5.86. The number of rotatable bonds is 7. The molecule has 0 saturated carbocycles. The molecule has 5 nitrogen and oxygen atoms in total. The van der Waals surface area contributed by atoms with Crippen LogP contribution < -0.4 is 0 Å². The SMILES string of the molecule is CCCN(Cc1ccc(C)cc1)C(=O)COC(=O)c1cc(Br)c[nH]1. The van der Waals surface area contributed by atoms with Crippen molar-refractivity contribution in [3.05, 3.63) is 57.8 Å². The Kier molecular flexibility index (Phi) is 6.61. The third-order valence-electron chi connectivity index (χ3n) is 3.53. The number of amides is 1. The average molecular weight is 393 g/mol. The molecule has 1 heterocycles. The quantitative estimate of drug-likeness (QED) is 0.730. The monoisotopic (exact) mass is 392 g/mol. The Hall–Kier alpha value is -2.08. The minimum atomic E-state index is -0.541. The zero-order valence-corrected chi connectivity index (χ0v) is 15.4. The molecule has 0 fully saturated rings. The van der Waals surface area contributed by atoms with Crippen LogP contribution in [0.3, 0.4) is 0 Å². The van der Waals surface area contributed by atoms with Gasteiger partial charge in [-0.3, -0.25) is 4.79 Å². The fourth-order valence-corrected chi connectivity index (χ4v) is 2.60. The number of nitrogens with one attached hydrogen (secondary N) is 1. The van der Waals surface area contributed by atoms with Gasteiger partial charge < -0.3 is 14.6 Å². The van der Waals surface area contributed by atoms with E-state index in [0.29, 0.717) is 18.8 Å². The van der Waals surface area contributed by atoms with E-state index in [1.807, 2.05) is 38.1 Å². The molecule has 0 spiro atoms. The fraction of sp³-hybridized carbons (Fsp3) is 0.333. The van der Waals surface area contributed by atoms with Gasteiger partial charge in [0.2, 0.25) is 0 Å². The summed E-state index contributed by atoms with van der Waals surface area (Å²) in [6, 6.07) is 9.67. The Bertz CT molecular complexity index is 695. The van der Waals surface area contributed by atoms with Crippen molar-refractivity contribution in [3.8, 4) is 0 Å². The Balaban J connectivity index is 1.93. The zero-order valence-electron chi connectivity index (χ0n) is 13.8. The number of nitrogens with zero attached hydrogens (tertiary/aromatic N) is 1. The van der Waals surface area contributed by atoms with Gasteiger partial charge in [0.05, 0.1) is 0 Å². The predicted octanol–water partition coefficient (Wildman–Crippen LogP) is 3.68. The third kappa shape index (κ3) is 5.23. The van der Waals surface area contributed by atoms with Crippen LogP contribution in [0.4, 0.5) is 0 Å². The Morgan fingerprint density at radius 1 is 1.25 bits per heavy atom. The van der Waals surface area contributed by atoms with Gasteiger partial charge in [0.1, 0.15) is 5.69 Å². The van der Waals surface area contributed by atoms with Crippen molar-refractivity contribution >= 4 is 27.8 Å². The van der Waals surface area contributed by atoms with E-state index in [9.17, 15) is 9.59 Å². The number of halogens is 1. The minimum Gasteiger partial charge on any atom is -0.451 e. The van der Waals surface area contributed by atoms with Gasteiger partial charge in [0, 0.05) is 23.8 Å². The number of esters is 1. The number of carbonyl (C=O) groups is 2.